The zero-order chi connectivity index (χ0) is 20.9. The zero-order valence-electron chi connectivity index (χ0n) is 16.3. The van der Waals surface area contributed by atoms with Crippen LogP contribution in [0.4, 0.5) is 8.78 Å². The van der Waals surface area contributed by atoms with Crippen molar-refractivity contribution in [3.05, 3.63) is 59.3 Å². The number of nitrogens with zero attached hydrogens (tertiary/aromatic N) is 1. The first-order valence-corrected chi connectivity index (χ1v) is 9.80. The summed E-state index contributed by atoms with van der Waals surface area (Å²) in [6.45, 7) is 4.07. The van der Waals surface area contributed by atoms with E-state index in [4.69, 9.17) is 5.11 Å². The summed E-state index contributed by atoms with van der Waals surface area (Å²) in [4.78, 5) is 11.2. The Morgan fingerprint density at radius 3 is 2.48 bits per heavy atom. The molecule has 1 aliphatic carbocycles. The maximum absolute atomic E-state index is 14.0. The number of halogens is 2. The van der Waals surface area contributed by atoms with Gasteiger partial charge < -0.3 is 14.8 Å². The molecule has 6 heteroatoms. The number of rotatable bonds is 5. The van der Waals surface area contributed by atoms with Gasteiger partial charge >= 0.3 is 5.97 Å². The molecule has 0 atom stereocenters. The molecule has 4 nitrogen and oxygen atoms in total. The third-order valence-corrected chi connectivity index (χ3v) is 5.88. The number of carbonyl (C=O) groups is 1. The van der Waals surface area contributed by atoms with Crippen LogP contribution >= 0.6 is 0 Å². The van der Waals surface area contributed by atoms with Gasteiger partial charge in [-0.3, -0.25) is 4.79 Å². The molecule has 1 aromatic heterocycles. The third kappa shape index (κ3) is 3.37. The van der Waals surface area contributed by atoms with Gasteiger partial charge in [0.05, 0.1) is 11.4 Å². The monoisotopic (exact) mass is 399 g/mol. The lowest BCUT2D eigenvalue weighted by Gasteiger charge is -2.32. The van der Waals surface area contributed by atoms with Crippen molar-refractivity contribution in [3.8, 4) is 11.4 Å². The Hall–Kier alpha value is -2.89. The highest BCUT2D eigenvalue weighted by molar-refractivity contribution is 5.89. The minimum absolute atomic E-state index is 0.0861. The molecule has 152 valence electrons. The molecule has 2 aromatic carbocycles. The van der Waals surface area contributed by atoms with E-state index < -0.39 is 17.6 Å². The van der Waals surface area contributed by atoms with Crippen LogP contribution in [0.1, 0.15) is 43.9 Å². The van der Waals surface area contributed by atoms with Crippen LogP contribution in [0, 0.1) is 23.5 Å². The Morgan fingerprint density at radius 1 is 1.14 bits per heavy atom. The fraction of sp³-hybridized carbons (Fsp3) is 0.348. The topological polar surface area (TPSA) is 62.5 Å². The SMILES string of the molecule is CC(C)c1c(CC2CC(C(=O)O)C2)c2cc(O)ccc2n1-c1ccc(F)c(F)c1. The first-order valence-electron chi connectivity index (χ1n) is 9.80. The molecule has 2 N–H and O–H groups in total. The molecule has 0 saturated heterocycles. The molecule has 0 unspecified atom stereocenters. The molecule has 0 aliphatic heterocycles. The Kier molecular flexibility index (Phi) is 4.81. The summed E-state index contributed by atoms with van der Waals surface area (Å²) in [5.41, 5.74) is 3.33. The Labute approximate surface area is 167 Å². The minimum Gasteiger partial charge on any atom is -0.508 e. The normalized spacial score (nSPS) is 18.9. The first-order chi connectivity index (χ1) is 13.8. The number of aliphatic carboxylic acids is 1. The summed E-state index contributed by atoms with van der Waals surface area (Å²) < 4.78 is 29.4. The third-order valence-electron chi connectivity index (χ3n) is 5.88. The van der Waals surface area contributed by atoms with Crippen molar-refractivity contribution < 1.29 is 23.8 Å². The predicted molar refractivity (Wildman–Crippen MR) is 106 cm³/mol. The average Bonchev–Trinajstić information content (AvgIpc) is 2.93. The van der Waals surface area contributed by atoms with Gasteiger partial charge in [-0.05, 0) is 67.0 Å². The van der Waals surface area contributed by atoms with Gasteiger partial charge in [0.25, 0.3) is 0 Å². The van der Waals surface area contributed by atoms with Gasteiger partial charge in [-0.1, -0.05) is 13.8 Å². The van der Waals surface area contributed by atoms with Gasteiger partial charge in [0.2, 0.25) is 0 Å². The van der Waals surface area contributed by atoms with Crippen LogP contribution in [-0.2, 0) is 11.2 Å². The van der Waals surface area contributed by atoms with Gasteiger partial charge in [0.1, 0.15) is 5.75 Å². The smallest absolute Gasteiger partial charge is 0.306 e. The average molecular weight is 399 g/mol. The van der Waals surface area contributed by atoms with Crippen molar-refractivity contribution in [2.75, 3.05) is 0 Å². The fourth-order valence-electron chi connectivity index (χ4n) is 4.48. The molecule has 0 bridgehead atoms. The summed E-state index contributed by atoms with van der Waals surface area (Å²) in [6.07, 6.45) is 1.95. The number of fused-ring (bicyclic) bond motifs is 1. The highest BCUT2D eigenvalue weighted by atomic mass is 19.2. The molecular weight excluding hydrogens is 376 g/mol. The van der Waals surface area contributed by atoms with Gasteiger partial charge in [0, 0.05) is 22.8 Å². The number of hydrogen-bond donors (Lipinski definition) is 2. The minimum atomic E-state index is -0.914. The molecule has 1 saturated carbocycles. The Morgan fingerprint density at radius 2 is 1.86 bits per heavy atom. The van der Waals surface area contributed by atoms with E-state index in [0.717, 1.165) is 28.2 Å². The lowest BCUT2D eigenvalue weighted by molar-refractivity contribution is -0.146. The number of carboxylic acid groups (broad SMARTS) is 1. The zero-order valence-corrected chi connectivity index (χ0v) is 16.3. The van der Waals surface area contributed by atoms with Gasteiger partial charge in [-0.15, -0.1) is 0 Å². The van der Waals surface area contributed by atoms with Crippen LogP contribution in [0.5, 0.6) is 5.75 Å². The molecule has 0 spiro atoms. The number of hydrogen-bond acceptors (Lipinski definition) is 2. The molecule has 4 rings (SSSR count). The van der Waals surface area contributed by atoms with Crippen molar-refractivity contribution in [2.24, 2.45) is 11.8 Å². The maximum Gasteiger partial charge on any atom is 0.306 e. The number of aromatic nitrogens is 1. The number of carboxylic acids is 1. The standard InChI is InChI=1S/C23H23F2NO3/c1-12(2)22-18(9-13-7-14(8-13)23(28)29)17-11-16(27)4-6-21(17)26(22)15-3-5-19(24)20(25)10-15/h3-6,10-14,27H,7-9H2,1-2H3,(H,28,29). The van der Waals surface area contributed by atoms with E-state index in [-0.39, 0.29) is 23.5 Å². The molecule has 0 amide bonds. The van der Waals surface area contributed by atoms with E-state index in [1.165, 1.54) is 6.07 Å². The number of benzene rings is 2. The number of phenols is 1. The first kappa shape index (κ1) is 19.4. The molecule has 0 radical (unpaired) electrons. The Bertz CT molecular complexity index is 1100. The Balaban J connectivity index is 1.88. The van der Waals surface area contributed by atoms with Crippen molar-refractivity contribution in [1.82, 2.24) is 4.57 Å². The maximum atomic E-state index is 14.0. The second kappa shape index (κ2) is 7.17. The van der Waals surface area contributed by atoms with E-state index >= 15 is 0 Å². The van der Waals surface area contributed by atoms with Crippen LogP contribution in [0.2, 0.25) is 0 Å². The van der Waals surface area contributed by atoms with Crippen LogP contribution < -0.4 is 0 Å². The summed E-state index contributed by atoms with van der Waals surface area (Å²) in [5.74, 6) is -2.40. The lowest BCUT2D eigenvalue weighted by atomic mass is 9.71. The van der Waals surface area contributed by atoms with E-state index in [9.17, 15) is 18.7 Å². The van der Waals surface area contributed by atoms with Crippen LogP contribution in [0.25, 0.3) is 16.6 Å². The van der Waals surface area contributed by atoms with E-state index in [1.54, 1.807) is 24.3 Å². The van der Waals surface area contributed by atoms with Crippen LogP contribution in [0.3, 0.4) is 0 Å². The molecule has 29 heavy (non-hydrogen) atoms. The molecule has 1 aliphatic rings. The largest absolute Gasteiger partial charge is 0.508 e. The summed E-state index contributed by atoms with van der Waals surface area (Å²) >= 11 is 0. The molecular formula is C23H23F2NO3. The number of phenolic OH excluding ortho intramolecular Hbond substituents is 1. The molecule has 1 heterocycles. The van der Waals surface area contributed by atoms with Crippen molar-refractivity contribution in [2.45, 2.75) is 39.0 Å². The highest BCUT2D eigenvalue weighted by Gasteiger charge is 2.36. The fourth-order valence-corrected chi connectivity index (χ4v) is 4.48. The van der Waals surface area contributed by atoms with Crippen molar-refractivity contribution in [3.63, 3.8) is 0 Å². The quantitative estimate of drug-likeness (QED) is 0.605. The summed E-state index contributed by atoms with van der Waals surface area (Å²) in [5, 5.41) is 20.1. The van der Waals surface area contributed by atoms with Crippen LogP contribution in [-0.4, -0.2) is 20.7 Å². The van der Waals surface area contributed by atoms with Crippen molar-refractivity contribution >= 4 is 16.9 Å². The van der Waals surface area contributed by atoms with Gasteiger partial charge in [0.15, 0.2) is 11.6 Å². The summed E-state index contributed by atoms with van der Waals surface area (Å²) in [6, 6.07) is 8.90. The molecule has 1 fully saturated rings. The second-order valence-corrected chi connectivity index (χ2v) is 8.23. The second-order valence-electron chi connectivity index (χ2n) is 8.23. The molecule has 3 aromatic rings. The van der Waals surface area contributed by atoms with E-state index in [1.807, 2.05) is 18.4 Å². The lowest BCUT2D eigenvalue weighted by Crippen LogP contribution is -2.31. The summed E-state index contributed by atoms with van der Waals surface area (Å²) in [7, 11) is 0. The van der Waals surface area contributed by atoms with Gasteiger partial charge in [-0.2, -0.15) is 0 Å². The van der Waals surface area contributed by atoms with E-state index in [2.05, 4.69) is 0 Å². The van der Waals surface area contributed by atoms with E-state index in [0.29, 0.717) is 24.9 Å². The number of aromatic hydroxyl groups is 1. The predicted octanol–water partition coefficient (Wildman–Crippen LogP) is 5.39. The van der Waals surface area contributed by atoms with Gasteiger partial charge in [-0.25, -0.2) is 8.78 Å². The highest BCUT2D eigenvalue weighted by Crippen LogP contribution is 2.42. The van der Waals surface area contributed by atoms with Crippen LogP contribution in [0.15, 0.2) is 36.4 Å². The van der Waals surface area contributed by atoms with Crippen molar-refractivity contribution in [1.29, 1.82) is 0 Å².